The van der Waals surface area contributed by atoms with Gasteiger partial charge in [0.2, 0.25) is 0 Å². The summed E-state index contributed by atoms with van der Waals surface area (Å²) in [6, 6.07) is 8.31. The number of hydrogen-bond acceptors (Lipinski definition) is 4. The molecule has 0 bridgehead atoms. The van der Waals surface area contributed by atoms with Crippen LogP contribution in [0.25, 0.3) is 20.7 Å². The average Bonchev–Trinajstić information content (AvgIpc) is 2.94. The summed E-state index contributed by atoms with van der Waals surface area (Å²) in [5.41, 5.74) is 1.92. The molecule has 0 aliphatic carbocycles. The van der Waals surface area contributed by atoms with E-state index in [1.54, 1.807) is 22.7 Å². The lowest BCUT2D eigenvalue weighted by atomic mass is 10.2. The van der Waals surface area contributed by atoms with Crippen molar-refractivity contribution < 1.29 is 5.11 Å². The molecule has 2 heterocycles. The zero-order chi connectivity index (χ0) is 11.0. The molecule has 0 aliphatic rings. The molecule has 0 aliphatic heterocycles. The Kier molecular flexibility index (Phi) is 2.47. The second-order valence-electron chi connectivity index (χ2n) is 3.45. The van der Waals surface area contributed by atoms with Crippen molar-refractivity contribution in [3.63, 3.8) is 0 Å². The van der Waals surface area contributed by atoms with E-state index < -0.39 is 0 Å². The van der Waals surface area contributed by atoms with Gasteiger partial charge in [0.25, 0.3) is 0 Å². The minimum absolute atomic E-state index is 0.0125. The summed E-state index contributed by atoms with van der Waals surface area (Å²) in [5.74, 6) is 0. The van der Waals surface area contributed by atoms with Crippen molar-refractivity contribution >= 4 is 32.8 Å². The maximum Gasteiger partial charge on any atom is 0.125 e. The van der Waals surface area contributed by atoms with Gasteiger partial charge in [0.05, 0.1) is 12.3 Å². The van der Waals surface area contributed by atoms with E-state index in [-0.39, 0.29) is 6.61 Å². The minimum Gasteiger partial charge on any atom is -0.390 e. The van der Waals surface area contributed by atoms with Gasteiger partial charge in [-0.3, -0.25) is 0 Å². The second kappa shape index (κ2) is 3.97. The molecule has 80 valence electrons. The largest absolute Gasteiger partial charge is 0.390 e. The zero-order valence-electron chi connectivity index (χ0n) is 8.38. The van der Waals surface area contributed by atoms with Crippen molar-refractivity contribution in [2.45, 2.75) is 6.61 Å². The fourth-order valence-electron chi connectivity index (χ4n) is 1.65. The normalized spacial score (nSPS) is 11.1. The van der Waals surface area contributed by atoms with E-state index in [1.165, 1.54) is 15.6 Å². The molecule has 1 aromatic carbocycles. The van der Waals surface area contributed by atoms with Crippen LogP contribution < -0.4 is 0 Å². The summed E-state index contributed by atoms with van der Waals surface area (Å²) in [5, 5.41) is 15.3. The Morgan fingerprint density at radius 3 is 2.81 bits per heavy atom. The summed E-state index contributed by atoms with van der Waals surface area (Å²) in [6.07, 6.45) is 0. The van der Waals surface area contributed by atoms with Crippen LogP contribution in [0.1, 0.15) is 5.69 Å². The molecule has 3 aromatic rings. The molecule has 0 unspecified atom stereocenters. The standard InChI is InChI=1S/C12H9NOS2/c14-5-8-6-16-12(13-8)10-7-15-11-4-2-1-3-9(10)11/h1-4,6-7,14H,5H2. The molecule has 0 atom stereocenters. The monoisotopic (exact) mass is 247 g/mol. The maximum absolute atomic E-state index is 9.01. The first-order valence-corrected chi connectivity index (χ1v) is 6.66. The van der Waals surface area contributed by atoms with E-state index in [0.29, 0.717) is 0 Å². The van der Waals surface area contributed by atoms with Crippen molar-refractivity contribution in [3.05, 3.63) is 40.7 Å². The molecule has 3 rings (SSSR count). The first-order chi connectivity index (χ1) is 7.88. The third-order valence-electron chi connectivity index (χ3n) is 2.43. The van der Waals surface area contributed by atoms with Gasteiger partial charge in [0.15, 0.2) is 0 Å². The lowest BCUT2D eigenvalue weighted by Crippen LogP contribution is -1.81. The van der Waals surface area contributed by atoms with Crippen LogP contribution >= 0.6 is 22.7 Å². The summed E-state index contributed by atoms with van der Waals surface area (Å²) < 4.78 is 1.28. The maximum atomic E-state index is 9.01. The van der Waals surface area contributed by atoms with Crippen LogP contribution in [0.15, 0.2) is 35.0 Å². The third-order valence-corrected chi connectivity index (χ3v) is 4.31. The predicted octanol–water partition coefficient (Wildman–Crippen LogP) is 3.52. The van der Waals surface area contributed by atoms with Crippen LogP contribution in [0.4, 0.5) is 0 Å². The molecule has 0 saturated carbocycles. The molecule has 1 N–H and O–H groups in total. The van der Waals surface area contributed by atoms with Crippen LogP contribution in [-0.4, -0.2) is 10.1 Å². The molecule has 16 heavy (non-hydrogen) atoms. The highest BCUT2D eigenvalue weighted by Crippen LogP contribution is 2.35. The molecule has 2 nitrogen and oxygen atoms in total. The Morgan fingerprint density at radius 1 is 1.12 bits per heavy atom. The number of fused-ring (bicyclic) bond motifs is 1. The van der Waals surface area contributed by atoms with Gasteiger partial charge in [-0.25, -0.2) is 4.98 Å². The number of hydrogen-bond donors (Lipinski definition) is 1. The minimum atomic E-state index is 0.0125. The van der Waals surface area contributed by atoms with E-state index >= 15 is 0 Å². The van der Waals surface area contributed by atoms with Crippen molar-refractivity contribution in [1.82, 2.24) is 4.98 Å². The fraction of sp³-hybridized carbons (Fsp3) is 0.0833. The Bertz CT molecular complexity index is 627. The summed E-state index contributed by atoms with van der Waals surface area (Å²) >= 11 is 3.31. The van der Waals surface area contributed by atoms with Gasteiger partial charge < -0.3 is 5.11 Å². The molecule has 2 aromatic heterocycles. The lowest BCUT2D eigenvalue weighted by molar-refractivity contribution is 0.278. The van der Waals surface area contributed by atoms with Crippen molar-refractivity contribution in [3.8, 4) is 10.6 Å². The number of rotatable bonds is 2. The van der Waals surface area contributed by atoms with Gasteiger partial charge in [-0.05, 0) is 6.07 Å². The van der Waals surface area contributed by atoms with Gasteiger partial charge in [-0.15, -0.1) is 22.7 Å². The number of nitrogens with zero attached hydrogens (tertiary/aromatic N) is 1. The van der Waals surface area contributed by atoms with Crippen LogP contribution in [0.5, 0.6) is 0 Å². The quantitative estimate of drug-likeness (QED) is 0.751. The van der Waals surface area contributed by atoms with Crippen molar-refractivity contribution in [2.24, 2.45) is 0 Å². The molecular weight excluding hydrogens is 238 g/mol. The van der Waals surface area contributed by atoms with E-state index in [2.05, 4.69) is 22.5 Å². The van der Waals surface area contributed by atoms with Gasteiger partial charge in [-0.1, -0.05) is 18.2 Å². The molecule has 0 fully saturated rings. The number of thiazole rings is 1. The van der Waals surface area contributed by atoms with Crippen LogP contribution in [0, 0.1) is 0 Å². The number of aromatic nitrogens is 1. The lowest BCUT2D eigenvalue weighted by Gasteiger charge is -1.93. The van der Waals surface area contributed by atoms with Gasteiger partial charge in [0, 0.05) is 26.4 Å². The molecule has 4 heteroatoms. The first kappa shape index (κ1) is 9.96. The highest BCUT2D eigenvalue weighted by Gasteiger charge is 2.09. The Hall–Kier alpha value is -1.23. The first-order valence-electron chi connectivity index (χ1n) is 4.90. The van der Waals surface area contributed by atoms with Crippen molar-refractivity contribution in [1.29, 1.82) is 0 Å². The van der Waals surface area contributed by atoms with E-state index in [4.69, 9.17) is 5.11 Å². The summed E-state index contributed by atoms with van der Waals surface area (Å²) in [4.78, 5) is 4.40. The number of benzene rings is 1. The highest BCUT2D eigenvalue weighted by molar-refractivity contribution is 7.18. The molecule has 0 saturated heterocycles. The fourth-order valence-corrected chi connectivity index (χ4v) is 3.51. The van der Waals surface area contributed by atoms with E-state index in [9.17, 15) is 0 Å². The second-order valence-corrected chi connectivity index (χ2v) is 5.22. The summed E-state index contributed by atoms with van der Waals surface area (Å²) in [7, 11) is 0. The highest BCUT2D eigenvalue weighted by atomic mass is 32.1. The van der Waals surface area contributed by atoms with Gasteiger partial charge in [-0.2, -0.15) is 0 Å². The number of aliphatic hydroxyl groups is 1. The Labute approximate surface area is 101 Å². The van der Waals surface area contributed by atoms with E-state index in [1.807, 2.05) is 17.5 Å². The SMILES string of the molecule is OCc1csc(-c2csc3ccccc23)n1. The van der Waals surface area contributed by atoms with Crippen LogP contribution in [0.3, 0.4) is 0 Å². The molecule has 0 amide bonds. The van der Waals surface area contributed by atoms with Crippen LogP contribution in [-0.2, 0) is 6.61 Å². The van der Waals surface area contributed by atoms with Gasteiger partial charge >= 0.3 is 0 Å². The molecule has 0 spiro atoms. The van der Waals surface area contributed by atoms with Crippen LogP contribution in [0.2, 0.25) is 0 Å². The number of aliphatic hydroxyl groups excluding tert-OH is 1. The molecular formula is C12H9NOS2. The smallest absolute Gasteiger partial charge is 0.125 e. The topological polar surface area (TPSA) is 33.1 Å². The number of thiophene rings is 1. The zero-order valence-corrected chi connectivity index (χ0v) is 10.0. The van der Waals surface area contributed by atoms with E-state index in [0.717, 1.165) is 10.7 Å². The average molecular weight is 247 g/mol. The predicted molar refractivity (Wildman–Crippen MR) is 68.9 cm³/mol. The Morgan fingerprint density at radius 2 is 2.00 bits per heavy atom. The third kappa shape index (κ3) is 1.55. The molecule has 0 radical (unpaired) electrons. The van der Waals surface area contributed by atoms with Gasteiger partial charge in [0.1, 0.15) is 5.01 Å². The summed E-state index contributed by atoms with van der Waals surface area (Å²) in [6.45, 7) is 0.0125. The Balaban J connectivity index is 2.18. The van der Waals surface area contributed by atoms with Crippen molar-refractivity contribution in [2.75, 3.05) is 0 Å².